The van der Waals surface area contributed by atoms with E-state index in [1.54, 1.807) is 6.20 Å². The molecule has 1 amide bonds. The number of carboxylic acid groups (broad SMARTS) is 1. The zero-order valence-electron chi connectivity index (χ0n) is 13.0. The van der Waals surface area contributed by atoms with Crippen LogP contribution >= 0.6 is 0 Å². The molecule has 7 nitrogen and oxygen atoms in total. The van der Waals surface area contributed by atoms with E-state index in [-0.39, 0.29) is 25.7 Å². The number of aromatic nitrogens is 2. The van der Waals surface area contributed by atoms with E-state index in [9.17, 15) is 9.59 Å². The molecule has 1 aromatic heterocycles. The van der Waals surface area contributed by atoms with Crippen molar-refractivity contribution in [3.63, 3.8) is 0 Å². The molecular formula is C15H23N3O4. The van der Waals surface area contributed by atoms with Gasteiger partial charge in [0.15, 0.2) is 0 Å². The Bertz CT molecular complexity index is 535. The van der Waals surface area contributed by atoms with E-state index in [4.69, 9.17) is 9.84 Å². The molecule has 1 heterocycles. The maximum atomic E-state index is 12.3. The summed E-state index contributed by atoms with van der Waals surface area (Å²) in [6, 6.07) is 0. The Balaban J connectivity index is 1.92. The van der Waals surface area contributed by atoms with Crippen LogP contribution in [-0.4, -0.2) is 46.5 Å². The number of hydrogen-bond acceptors (Lipinski definition) is 4. The quantitative estimate of drug-likeness (QED) is 0.670. The first-order chi connectivity index (χ1) is 10.5. The SMILES string of the molecule is CC(C)Cn1ncc(C(=O)NCCOCC(=O)O)c1C1CC1. The fourth-order valence-corrected chi connectivity index (χ4v) is 2.34. The third-order valence-electron chi connectivity index (χ3n) is 3.38. The van der Waals surface area contributed by atoms with Crippen LogP contribution < -0.4 is 5.32 Å². The fourth-order valence-electron chi connectivity index (χ4n) is 2.34. The summed E-state index contributed by atoms with van der Waals surface area (Å²) in [6.07, 6.45) is 3.83. The lowest BCUT2D eigenvalue weighted by atomic mass is 10.1. The lowest BCUT2D eigenvalue weighted by Gasteiger charge is -2.11. The number of aliphatic carboxylic acids is 1. The van der Waals surface area contributed by atoms with E-state index in [1.165, 1.54) is 0 Å². The van der Waals surface area contributed by atoms with Gasteiger partial charge in [-0.15, -0.1) is 0 Å². The second-order valence-electron chi connectivity index (χ2n) is 6.00. The molecule has 0 bridgehead atoms. The van der Waals surface area contributed by atoms with Gasteiger partial charge in [-0.05, 0) is 18.8 Å². The van der Waals surface area contributed by atoms with E-state index in [1.807, 2.05) is 4.68 Å². The minimum atomic E-state index is -1.02. The molecule has 1 saturated carbocycles. The van der Waals surface area contributed by atoms with Gasteiger partial charge in [0.1, 0.15) is 6.61 Å². The normalized spacial score (nSPS) is 14.3. The van der Waals surface area contributed by atoms with Crippen LogP contribution in [0.25, 0.3) is 0 Å². The molecule has 7 heteroatoms. The van der Waals surface area contributed by atoms with Gasteiger partial charge in [-0.3, -0.25) is 9.48 Å². The molecule has 0 radical (unpaired) electrons. The van der Waals surface area contributed by atoms with Gasteiger partial charge >= 0.3 is 5.97 Å². The molecule has 0 aliphatic heterocycles. The van der Waals surface area contributed by atoms with Gasteiger partial charge in [-0.25, -0.2) is 4.79 Å². The van der Waals surface area contributed by atoms with Crippen molar-refractivity contribution in [2.45, 2.75) is 39.2 Å². The molecule has 0 unspecified atom stereocenters. The number of carbonyl (C=O) groups excluding carboxylic acids is 1. The minimum Gasteiger partial charge on any atom is -0.480 e. The van der Waals surface area contributed by atoms with Gasteiger partial charge in [0.2, 0.25) is 0 Å². The summed E-state index contributed by atoms with van der Waals surface area (Å²) in [5, 5.41) is 15.6. The molecule has 0 saturated heterocycles. The maximum absolute atomic E-state index is 12.3. The highest BCUT2D eigenvalue weighted by Crippen LogP contribution is 2.41. The Morgan fingerprint density at radius 3 is 2.82 bits per heavy atom. The number of rotatable bonds is 9. The number of ether oxygens (including phenoxy) is 1. The van der Waals surface area contributed by atoms with Crippen LogP contribution in [-0.2, 0) is 16.1 Å². The first kappa shape index (κ1) is 16.5. The summed E-state index contributed by atoms with van der Waals surface area (Å²) in [5.74, 6) is -0.281. The second-order valence-corrected chi connectivity index (χ2v) is 6.00. The topological polar surface area (TPSA) is 93.5 Å². The summed E-state index contributed by atoms with van der Waals surface area (Å²) in [6.45, 7) is 5.16. The van der Waals surface area contributed by atoms with Gasteiger partial charge in [0.05, 0.1) is 24.1 Å². The Morgan fingerprint density at radius 1 is 1.50 bits per heavy atom. The van der Waals surface area contributed by atoms with Gasteiger partial charge in [-0.2, -0.15) is 5.10 Å². The molecule has 0 atom stereocenters. The molecule has 1 fully saturated rings. The highest BCUT2D eigenvalue weighted by Gasteiger charge is 2.32. The summed E-state index contributed by atoms with van der Waals surface area (Å²) in [7, 11) is 0. The minimum absolute atomic E-state index is 0.171. The van der Waals surface area contributed by atoms with Crippen molar-refractivity contribution in [3.8, 4) is 0 Å². The third kappa shape index (κ3) is 4.56. The zero-order chi connectivity index (χ0) is 16.1. The van der Waals surface area contributed by atoms with Crippen molar-refractivity contribution in [3.05, 3.63) is 17.5 Å². The monoisotopic (exact) mass is 309 g/mol. The molecule has 1 aromatic rings. The van der Waals surface area contributed by atoms with Crippen molar-refractivity contribution in [2.75, 3.05) is 19.8 Å². The number of hydrogen-bond donors (Lipinski definition) is 2. The number of carboxylic acids is 1. The first-order valence-electron chi connectivity index (χ1n) is 7.62. The van der Waals surface area contributed by atoms with Gasteiger partial charge < -0.3 is 15.2 Å². The maximum Gasteiger partial charge on any atom is 0.329 e. The average Bonchev–Trinajstić information content (AvgIpc) is 3.19. The van der Waals surface area contributed by atoms with Gasteiger partial charge in [-0.1, -0.05) is 13.8 Å². The molecule has 1 aliphatic carbocycles. The van der Waals surface area contributed by atoms with Crippen molar-refractivity contribution >= 4 is 11.9 Å². The summed E-state index contributed by atoms with van der Waals surface area (Å²) >= 11 is 0. The lowest BCUT2D eigenvalue weighted by Crippen LogP contribution is -2.28. The van der Waals surface area contributed by atoms with E-state index < -0.39 is 5.97 Å². The van der Waals surface area contributed by atoms with E-state index in [0.717, 1.165) is 25.1 Å². The highest BCUT2D eigenvalue weighted by molar-refractivity contribution is 5.95. The molecule has 0 spiro atoms. The van der Waals surface area contributed by atoms with Crippen LogP contribution in [0.1, 0.15) is 48.7 Å². The molecule has 2 N–H and O–H groups in total. The van der Waals surface area contributed by atoms with Crippen LogP contribution in [0.4, 0.5) is 0 Å². The standard InChI is InChI=1S/C15H23N3O4/c1-10(2)8-18-14(11-3-4-11)12(7-17-18)15(21)16-5-6-22-9-13(19)20/h7,10-11H,3-6,8-9H2,1-2H3,(H,16,21)(H,19,20). The zero-order valence-corrected chi connectivity index (χ0v) is 13.0. The predicted octanol–water partition coefficient (Wildman–Crippen LogP) is 1.25. The van der Waals surface area contributed by atoms with Gasteiger partial charge in [0, 0.05) is 19.0 Å². The number of nitrogens with one attached hydrogen (secondary N) is 1. The van der Waals surface area contributed by atoms with Gasteiger partial charge in [0.25, 0.3) is 5.91 Å². The molecular weight excluding hydrogens is 286 g/mol. The lowest BCUT2D eigenvalue weighted by molar-refractivity contribution is -0.142. The predicted molar refractivity (Wildman–Crippen MR) is 79.8 cm³/mol. The van der Waals surface area contributed by atoms with Crippen molar-refractivity contribution < 1.29 is 19.4 Å². The van der Waals surface area contributed by atoms with Crippen LogP contribution in [0.3, 0.4) is 0 Å². The largest absolute Gasteiger partial charge is 0.480 e. The molecule has 0 aromatic carbocycles. The van der Waals surface area contributed by atoms with E-state index >= 15 is 0 Å². The summed E-state index contributed by atoms with van der Waals surface area (Å²) < 4.78 is 6.84. The fraction of sp³-hybridized carbons (Fsp3) is 0.667. The summed E-state index contributed by atoms with van der Waals surface area (Å²) in [5.41, 5.74) is 1.65. The Hall–Kier alpha value is -1.89. The van der Waals surface area contributed by atoms with Crippen molar-refractivity contribution in [2.24, 2.45) is 5.92 Å². The van der Waals surface area contributed by atoms with E-state index in [0.29, 0.717) is 17.4 Å². The number of nitrogens with zero attached hydrogens (tertiary/aromatic N) is 2. The molecule has 1 aliphatic rings. The summed E-state index contributed by atoms with van der Waals surface area (Å²) in [4.78, 5) is 22.6. The third-order valence-corrected chi connectivity index (χ3v) is 3.38. The Kier molecular flexibility index (Phi) is 5.54. The second kappa shape index (κ2) is 7.40. The van der Waals surface area contributed by atoms with Crippen LogP contribution in [0.15, 0.2) is 6.20 Å². The van der Waals surface area contributed by atoms with E-state index in [2.05, 4.69) is 24.3 Å². The number of carbonyl (C=O) groups is 2. The number of amides is 1. The molecule has 22 heavy (non-hydrogen) atoms. The average molecular weight is 309 g/mol. The Labute approximate surface area is 129 Å². The highest BCUT2D eigenvalue weighted by atomic mass is 16.5. The van der Waals surface area contributed by atoms with Crippen LogP contribution in [0.5, 0.6) is 0 Å². The van der Waals surface area contributed by atoms with Crippen LogP contribution in [0, 0.1) is 5.92 Å². The van der Waals surface area contributed by atoms with Crippen molar-refractivity contribution in [1.82, 2.24) is 15.1 Å². The molecule has 122 valence electrons. The Morgan fingerprint density at radius 2 is 2.23 bits per heavy atom. The molecule has 2 rings (SSSR count). The van der Waals surface area contributed by atoms with Crippen molar-refractivity contribution in [1.29, 1.82) is 0 Å². The van der Waals surface area contributed by atoms with Crippen LogP contribution in [0.2, 0.25) is 0 Å². The first-order valence-corrected chi connectivity index (χ1v) is 7.62. The smallest absolute Gasteiger partial charge is 0.329 e.